The molecule has 8 heteroatoms. The van der Waals surface area contributed by atoms with E-state index in [0.29, 0.717) is 0 Å². The molecule has 0 aliphatic carbocycles. The average Bonchev–Trinajstić information content (AvgIpc) is 3.06. The van der Waals surface area contributed by atoms with E-state index < -0.39 is 22.7 Å². The fourth-order valence-electron chi connectivity index (χ4n) is 2.19. The van der Waals surface area contributed by atoms with Crippen LogP contribution in [0.1, 0.15) is 15.9 Å². The van der Waals surface area contributed by atoms with E-state index in [9.17, 15) is 18.0 Å². The number of benzene rings is 2. The van der Waals surface area contributed by atoms with Gasteiger partial charge in [0.1, 0.15) is 0 Å². The van der Waals surface area contributed by atoms with Crippen molar-refractivity contribution in [3.63, 3.8) is 0 Å². The lowest BCUT2D eigenvalue weighted by atomic mass is 10.2. The largest absolute Gasteiger partial charge is 0.417 e. The number of aromatic nitrogens is 2. The first-order valence-electron chi connectivity index (χ1n) is 7.13. The van der Waals surface area contributed by atoms with E-state index in [0.717, 1.165) is 17.8 Å². The second-order valence-corrected chi connectivity index (χ2v) is 5.56. The summed E-state index contributed by atoms with van der Waals surface area (Å²) in [5.41, 5.74) is -0.0408. The highest BCUT2D eigenvalue weighted by atomic mass is 35.5. The molecule has 128 valence electrons. The molecule has 3 aromatic rings. The van der Waals surface area contributed by atoms with Crippen molar-refractivity contribution in [2.75, 3.05) is 5.32 Å². The molecule has 0 radical (unpaired) electrons. The third-order valence-electron chi connectivity index (χ3n) is 3.40. The third kappa shape index (κ3) is 3.83. The zero-order chi connectivity index (χ0) is 18.0. The monoisotopic (exact) mass is 365 g/mol. The summed E-state index contributed by atoms with van der Waals surface area (Å²) in [6, 6.07) is 12.3. The van der Waals surface area contributed by atoms with Gasteiger partial charge in [-0.3, -0.25) is 4.79 Å². The van der Waals surface area contributed by atoms with Crippen molar-refractivity contribution in [1.82, 2.24) is 9.78 Å². The van der Waals surface area contributed by atoms with Gasteiger partial charge < -0.3 is 5.32 Å². The summed E-state index contributed by atoms with van der Waals surface area (Å²) in [6.07, 6.45) is -1.77. The first kappa shape index (κ1) is 17.0. The number of alkyl halides is 3. The van der Waals surface area contributed by atoms with Crippen molar-refractivity contribution >= 4 is 23.2 Å². The molecule has 1 aromatic heterocycles. The molecule has 0 saturated heterocycles. The van der Waals surface area contributed by atoms with Gasteiger partial charge in [0.05, 0.1) is 28.0 Å². The second-order valence-electron chi connectivity index (χ2n) is 5.16. The fraction of sp³-hybridized carbons (Fsp3) is 0.0588. The molecule has 0 fully saturated rings. The normalized spacial score (nSPS) is 11.4. The van der Waals surface area contributed by atoms with E-state index in [1.165, 1.54) is 23.1 Å². The molecule has 1 heterocycles. The van der Waals surface area contributed by atoms with E-state index in [1.54, 1.807) is 0 Å². The molecule has 0 aliphatic heterocycles. The van der Waals surface area contributed by atoms with Gasteiger partial charge in [0, 0.05) is 11.9 Å². The maximum atomic E-state index is 12.9. The number of para-hydroxylation sites is 1. The van der Waals surface area contributed by atoms with Crippen LogP contribution in [0.5, 0.6) is 0 Å². The number of hydrogen-bond donors (Lipinski definition) is 1. The zero-order valence-electron chi connectivity index (χ0n) is 12.6. The smallest absolute Gasteiger partial charge is 0.322 e. The van der Waals surface area contributed by atoms with Crippen LogP contribution in [-0.2, 0) is 6.18 Å². The highest BCUT2D eigenvalue weighted by molar-refractivity contribution is 6.31. The highest BCUT2D eigenvalue weighted by Crippen LogP contribution is 2.36. The number of carbonyl (C=O) groups excluding carboxylic acids is 1. The van der Waals surface area contributed by atoms with Crippen molar-refractivity contribution in [3.05, 3.63) is 77.1 Å². The summed E-state index contributed by atoms with van der Waals surface area (Å²) in [6.45, 7) is 0. The predicted molar refractivity (Wildman–Crippen MR) is 88.0 cm³/mol. The second kappa shape index (κ2) is 6.60. The van der Waals surface area contributed by atoms with Gasteiger partial charge in [0.2, 0.25) is 0 Å². The number of halogens is 4. The van der Waals surface area contributed by atoms with Crippen molar-refractivity contribution < 1.29 is 18.0 Å². The lowest BCUT2D eigenvalue weighted by Gasteiger charge is -2.11. The molecule has 4 nitrogen and oxygen atoms in total. The topological polar surface area (TPSA) is 46.9 Å². The zero-order valence-corrected chi connectivity index (χ0v) is 13.3. The number of rotatable bonds is 3. The number of carbonyl (C=O) groups is 1. The molecule has 0 spiro atoms. The SMILES string of the molecule is O=C(Nc1ccc(Cl)c(C(F)(F)F)c1)c1cnn(-c2ccccc2)c1. The van der Waals surface area contributed by atoms with Crippen LogP contribution in [0, 0.1) is 0 Å². The minimum atomic E-state index is -4.60. The Balaban J connectivity index is 1.81. The summed E-state index contributed by atoms with van der Waals surface area (Å²) in [5.74, 6) is -0.572. The summed E-state index contributed by atoms with van der Waals surface area (Å²) >= 11 is 5.56. The van der Waals surface area contributed by atoms with Gasteiger partial charge in [-0.1, -0.05) is 29.8 Å². The molecule has 3 rings (SSSR count). The minimum absolute atomic E-state index is 0.00538. The van der Waals surface area contributed by atoms with Crippen LogP contribution in [0.15, 0.2) is 60.9 Å². The third-order valence-corrected chi connectivity index (χ3v) is 3.72. The van der Waals surface area contributed by atoms with Crippen LogP contribution in [0.25, 0.3) is 5.69 Å². The molecule has 2 aromatic carbocycles. The number of hydrogen-bond acceptors (Lipinski definition) is 2. The molecule has 0 unspecified atom stereocenters. The standard InChI is InChI=1S/C17H11ClF3N3O/c18-15-7-6-12(8-14(15)17(19,20)21)23-16(25)11-9-22-24(10-11)13-4-2-1-3-5-13/h1-10H,(H,23,25). The number of nitrogens with zero attached hydrogens (tertiary/aromatic N) is 2. The number of anilines is 1. The lowest BCUT2D eigenvalue weighted by Crippen LogP contribution is -2.13. The summed E-state index contributed by atoms with van der Waals surface area (Å²) < 4.78 is 40.1. The lowest BCUT2D eigenvalue weighted by molar-refractivity contribution is -0.137. The molecular formula is C17H11ClF3N3O. The molecule has 1 amide bonds. The van der Waals surface area contributed by atoms with E-state index >= 15 is 0 Å². The Morgan fingerprint density at radius 1 is 1.12 bits per heavy atom. The average molecular weight is 366 g/mol. The summed E-state index contributed by atoms with van der Waals surface area (Å²) in [7, 11) is 0. The Morgan fingerprint density at radius 3 is 2.52 bits per heavy atom. The van der Waals surface area contributed by atoms with Crippen molar-refractivity contribution in [2.45, 2.75) is 6.18 Å². The maximum Gasteiger partial charge on any atom is 0.417 e. The quantitative estimate of drug-likeness (QED) is 0.725. The maximum absolute atomic E-state index is 12.9. The van der Waals surface area contributed by atoms with Gasteiger partial charge in [-0.25, -0.2) is 4.68 Å². The Kier molecular flexibility index (Phi) is 4.50. The molecular weight excluding hydrogens is 355 g/mol. The number of amides is 1. The summed E-state index contributed by atoms with van der Waals surface area (Å²) in [4.78, 5) is 12.2. The van der Waals surface area contributed by atoms with Crippen molar-refractivity contribution in [2.24, 2.45) is 0 Å². The van der Waals surface area contributed by atoms with Gasteiger partial charge in [-0.2, -0.15) is 18.3 Å². The van der Waals surface area contributed by atoms with Gasteiger partial charge in [0.25, 0.3) is 5.91 Å². The van der Waals surface area contributed by atoms with Crippen molar-refractivity contribution in [3.8, 4) is 5.69 Å². The molecule has 25 heavy (non-hydrogen) atoms. The molecule has 0 aliphatic rings. The van der Waals surface area contributed by atoms with Crippen molar-refractivity contribution in [1.29, 1.82) is 0 Å². The molecule has 1 N–H and O–H groups in total. The van der Waals surface area contributed by atoms with Gasteiger partial charge in [-0.05, 0) is 30.3 Å². The van der Waals surface area contributed by atoms with Crippen LogP contribution in [0.3, 0.4) is 0 Å². The Bertz CT molecular complexity index is 907. The van der Waals surface area contributed by atoms with E-state index in [-0.39, 0.29) is 11.3 Å². The first-order chi connectivity index (χ1) is 11.8. The summed E-state index contributed by atoms with van der Waals surface area (Å²) in [5, 5.41) is 6.06. The first-order valence-corrected chi connectivity index (χ1v) is 7.50. The number of nitrogens with one attached hydrogen (secondary N) is 1. The van der Waals surface area contributed by atoms with E-state index in [4.69, 9.17) is 11.6 Å². The van der Waals surface area contributed by atoms with E-state index in [2.05, 4.69) is 10.4 Å². The Hall–Kier alpha value is -2.80. The molecule has 0 atom stereocenters. The van der Waals surface area contributed by atoms with Gasteiger partial charge in [0.15, 0.2) is 0 Å². The van der Waals surface area contributed by atoms with E-state index in [1.807, 2.05) is 30.3 Å². The van der Waals surface area contributed by atoms with Crippen LogP contribution in [-0.4, -0.2) is 15.7 Å². The predicted octanol–water partition coefficient (Wildman–Crippen LogP) is 4.80. The molecule has 0 bridgehead atoms. The van der Waals surface area contributed by atoms with Crippen LogP contribution in [0.2, 0.25) is 5.02 Å². The van der Waals surface area contributed by atoms with Crippen LogP contribution in [0.4, 0.5) is 18.9 Å². The Morgan fingerprint density at radius 2 is 1.84 bits per heavy atom. The van der Waals surface area contributed by atoms with Gasteiger partial charge in [-0.15, -0.1) is 0 Å². The highest BCUT2D eigenvalue weighted by Gasteiger charge is 2.33. The van der Waals surface area contributed by atoms with Crippen LogP contribution < -0.4 is 5.32 Å². The molecule has 0 saturated carbocycles. The van der Waals surface area contributed by atoms with Crippen LogP contribution >= 0.6 is 11.6 Å². The minimum Gasteiger partial charge on any atom is -0.322 e. The van der Waals surface area contributed by atoms with Gasteiger partial charge >= 0.3 is 6.18 Å². The Labute approximate surface area is 145 Å². The fourth-order valence-corrected chi connectivity index (χ4v) is 2.41.